The van der Waals surface area contributed by atoms with Gasteiger partial charge in [-0.05, 0) is 37.6 Å². The molecule has 0 saturated heterocycles. The third kappa shape index (κ3) is 5.25. The third-order valence-electron chi connectivity index (χ3n) is 2.36. The lowest BCUT2D eigenvalue weighted by molar-refractivity contribution is -0.120. The second-order valence-corrected chi connectivity index (χ2v) is 4.03. The van der Waals surface area contributed by atoms with Gasteiger partial charge in [0.05, 0.1) is 0 Å². The number of ether oxygens (including phenoxy) is 1. The number of benzene rings is 1. The number of rotatable bonds is 6. The molecule has 0 aromatic heterocycles. The van der Waals surface area contributed by atoms with Crippen LogP contribution in [0.1, 0.15) is 20.3 Å². The van der Waals surface area contributed by atoms with Gasteiger partial charge in [-0.3, -0.25) is 9.59 Å². The average molecular weight is 262 g/mol. The molecule has 3 N–H and O–H groups in total. The van der Waals surface area contributed by atoms with Crippen LogP contribution in [0.25, 0.3) is 0 Å². The maximum Gasteiger partial charge on any atom is 0.255 e. The van der Waals surface area contributed by atoms with E-state index < -0.39 is 5.91 Å². The summed E-state index contributed by atoms with van der Waals surface area (Å²) in [6.07, 6.45) is 2.68. The van der Waals surface area contributed by atoms with Crippen LogP contribution < -0.4 is 15.8 Å². The van der Waals surface area contributed by atoms with Gasteiger partial charge in [-0.1, -0.05) is 13.0 Å². The quantitative estimate of drug-likeness (QED) is 0.767. The molecule has 0 aliphatic carbocycles. The summed E-state index contributed by atoms with van der Waals surface area (Å²) >= 11 is 0. The summed E-state index contributed by atoms with van der Waals surface area (Å²) in [5, 5.41) is 2.76. The van der Waals surface area contributed by atoms with E-state index in [4.69, 9.17) is 10.5 Å². The number of carbonyl (C=O) groups excluding carboxylic acids is 2. The highest BCUT2D eigenvalue weighted by molar-refractivity contribution is 6.03. The van der Waals surface area contributed by atoms with Crippen molar-refractivity contribution in [3.63, 3.8) is 0 Å². The number of carbonyl (C=O) groups is 2. The molecule has 0 fully saturated rings. The van der Waals surface area contributed by atoms with Crippen molar-refractivity contribution < 1.29 is 14.3 Å². The fourth-order valence-electron chi connectivity index (χ4n) is 1.42. The standard InChI is InChI=1S/C14H18N2O3/c1-3-4-10(2)14(18)16-11-5-7-12(8-6-11)19-9-13(15)17/h4-8H,3,9H2,1-2H3,(H2,15,17)(H,16,18)/b10-4-. The largest absolute Gasteiger partial charge is 0.484 e. The number of amides is 2. The Hall–Kier alpha value is -2.30. The van der Waals surface area contributed by atoms with Crippen LogP contribution in [0.2, 0.25) is 0 Å². The minimum absolute atomic E-state index is 0.132. The van der Waals surface area contributed by atoms with E-state index in [1.165, 1.54) is 0 Å². The van der Waals surface area contributed by atoms with E-state index in [9.17, 15) is 9.59 Å². The second-order valence-electron chi connectivity index (χ2n) is 4.03. The Morgan fingerprint density at radius 2 is 1.95 bits per heavy atom. The van der Waals surface area contributed by atoms with Crippen LogP contribution >= 0.6 is 0 Å². The molecule has 102 valence electrons. The van der Waals surface area contributed by atoms with Crippen molar-refractivity contribution in [3.05, 3.63) is 35.9 Å². The van der Waals surface area contributed by atoms with Gasteiger partial charge in [0.15, 0.2) is 6.61 Å². The van der Waals surface area contributed by atoms with Crippen molar-refractivity contribution in [2.45, 2.75) is 20.3 Å². The molecule has 19 heavy (non-hydrogen) atoms. The van der Waals surface area contributed by atoms with Gasteiger partial charge in [0.1, 0.15) is 5.75 Å². The Balaban J connectivity index is 2.59. The average Bonchev–Trinajstić information content (AvgIpc) is 2.38. The Kier molecular flexibility index (Phi) is 5.60. The fraction of sp³-hybridized carbons (Fsp3) is 0.286. The molecule has 0 saturated carbocycles. The maximum atomic E-state index is 11.7. The molecular weight excluding hydrogens is 244 g/mol. The molecule has 0 bridgehead atoms. The summed E-state index contributed by atoms with van der Waals surface area (Å²) in [5.41, 5.74) is 6.31. The first-order valence-corrected chi connectivity index (χ1v) is 6.02. The zero-order valence-corrected chi connectivity index (χ0v) is 11.1. The maximum absolute atomic E-state index is 11.7. The van der Waals surface area contributed by atoms with E-state index >= 15 is 0 Å². The molecule has 0 heterocycles. The summed E-state index contributed by atoms with van der Waals surface area (Å²) in [6, 6.07) is 6.73. The second kappa shape index (κ2) is 7.20. The van der Waals surface area contributed by atoms with Crippen molar-refractivity contribution in [2.24, 2.45) is 5.73 Å². The van der Waals surface area contributed by atoms with Crippen LogP contribution in [0, 0.1) is 0 Å². The van der Waals surface area contributed by atoms with Crippen molar-refractivity contribution in [1.29, 1.82) is 0 Å². The monoisotopic (exact) mass is 262 g/mol. The highest BCUT2D eigenvalue weighted by Gasteiger charge is 2.04. The Morgan fingerprint density at radius 3 is 2.47 bits per heavy atom. The molecular formula is C14H18N2O3. The fourth-order valence-corrected chi connectivity index (χ4v) is 1.42. The number of nitrogens with two attached hydrogens (primary N) is 1. The summed E-state index contributed by atoms with van der Waals surface area (Å²) in [7, 11) is 0. The SMILES string of the molecule is CC/C=C(/C)C(=O)Nc1ccc(OCC(N)=O)cc1. The molecule has 1 aromatic rings. The first-order chi connectivity index (χ1) is 9.02. The van der Waals surface area contributed by atoms with Crippen LogP contribution in [0.5, 0.6) is 5.75 Å². The normalized spacial score (nSPS) is 10.9. The Bertz CT molecular complexity index is 478. The van der Waals surface area contributed by atoms with E-state index in [-0.39, 0.29) is 12.5 Å². The van der Waals surface area contributed by atoms with Gasteiger partial charge in [-0.25, -0.2) is 0 Å². The Morgan fingerprint density at radius 1 is 1.32 bits per heavy atom. The van der Waals surface area contributed by atoms with Crippen LogP contribution in [0.3, 0.4) is 0 Å². The highest BCUT2D eigenvalue weighted by Crippen LogP contribution is 2.16. The molecule has 0 radical (unpaired) electrons. The van der Waals surface area contributed by atoms with Gasteiger partial charge in [-0.15, -0.1) is 0 Å². The predicted molar refractivity (Wildman–Crippen MR) is 73.8 cm³/mol. The lowest BCUT2D eigenvalue weighted by atomic mass is 10.2. The number of anilines is 1. The van der Waals surface area contributed by atoms with E-state index in [1.807, 2.05) is 13.0 Å². The van der Waals surface area contributed by atoms with Gasteiger partial charge >= 0.3 is 0 Å². The van der Waals surface area contributed by atoms with E-state index in [2.05, 4.69) is 5.32 Å². The van der Waals surface area contributed by atoms with Gasteiger partial charge in [0.25, 0.3) is 11.8 Å². The number of allylic oxidation sites excluding steroid dienone is 1. The van der Waals surface area contributed by atoms with Crippen molar-refractivity contribution in [1.82, 2.24) is 0 Å². The minimum Gasteiger partial charge on any atom is -0.484 e. The zero-order valence-electron chi connectivity index (χ0n) is 11.1. The lowest BCUT2D eigenvalue weighted by Crippen LogP contribution is -2.20. The number of hydrogen-bond donors (Lipinski definition) is 2. The van der Waals surface area contributed by atoms with Crippen molar-refractivity contribution in [2.75, 3.05) is 11.9 Å². The van der Waals surface area contributed by atoms with E-state index in [0.717, 1.165) is 6.42 Å². The molecule has 1 rings (SSSR count). The Labute approximate surface area is 112 Å². The lowest BCUT2D eigenvalue weighted by Gasteiger charge is -2.07. The van der Waals surface area contributed by atoms with Crippen LogP contribution in [0.4, 0.5) is 5.69 Å². The molecule has 5 nitrogen and oxygen atoms in total. The van der Waals surface area contributed by atoms with Gasteiger partial charge in [-0.2, -0.15) is 0 Å². The zero-order chi connectivity index (χ0) is 14.3. The topological polar surface area (TPSA) is 81.4 Å². The molecule has 0 aliphatic rings. The highest BCUT2D eigenvalue weighted by atomic mass is 16.5. The summed E-state index contributed by atoms with van der Waals surface area (Å²) in [4.78, 5) is 22.3. The van der Waals surface area contributed by atoms with E-state index in [0.29, 0.717) is 17.0 Å². The van der Waals surface area contributed by atoms with Gasteiger partial charge in [0.2, 0.25) is 0 Å². The van der Waals surface area contributed by atoms with Crippen LogP contribution in [-0.4, -0.2) is 18.4 Å². The van der Waals surface area contributed by atoms with E-state index in [1.54, 1.807) is 31.2 Å². The minimum atomic E-state index is -0.530. The third-order valence-corrected chi connectivity index (χ3v) is 2.36. The molecule has 5 heteroatoms. The smallest absolute Gasteiger partial charge is 0.255 e. The molecule has 0 spiro atoms. The summed E-state index contributed by atoms with van der Waals surface area (Å²) < 4.78 is 5.11. The molecule has 2 amide bonds. The first kappa shape index (κ1) is 14.8. The van der Waals surface area contributed by atoms with Gasteiger partial charge in [0, 0.05) is 11.3 Å². The molecule has 0 atom stereocenters. The summed E-state index contributed by atoms with van der Waals surface area (Å²) in [5.74, 6) is -0.136. The van der Waals surface area contributed by atoms with Crippen LogP contribution in [-0.2, 0) is 9.59 Å². The van der Waals surface area contributed by atoms with Crippen molar-refractivity contribution in [3.8, 4) is 5.75 Å². The summed E-state index contributed by atoms with van der Waals surface area (Å²) in [6.45, 7) is 3.58. The number of nitrogens with one attached hydrogen (secondary N) is 1. The van der Waals surface area contributed by atoms with Crippen molar-refractivity contribution >= 4 is 17.5 Å². The molecule has 0 unspecified atom stereocenters. The number of primary amides is 1. The molecule has 1 aromatic carbocycles. The van der Waals surface area contributed by atoms with Gasteiger partial charge < -0.3 is 15.8 Å². The number of hydrogen-bond acceptors (Lipinski definition) is 3. The molecule has 0 aliphatic heterocycles. The van der Waals surface area contributed by atoms with Crippen LogP contribution in [0.15, 0.2) is 35.9 Å². The first-order valence-electron chi connectivity index (χ1n) is 6.02. The predicted octanol–water partition coefficient (Wildman–Crippen LogP) is 1.85.